The van der Waals surface area contributed by atoms with Gasteiger partial charge in [-0.2, -0.15) is 0 Å². The fraction of sp³-hybridized carbons (Fsp3) is 0.360. The van der Waals surface area contributed by atoms with E-state index in [4.69, 9.17) is 26.0 Å². The number of oxazole rings is 1. The second-order valence-electron chi connectivity index (χ2n) is 8.85. The zero-order valence-electron chi connectivity index (χ0n) is 18.7. The van der Waals surface area contributed by atoms with Crippen molar-refractivity contribution in [1.82, 2.24) is 24.8 Å². The van der Waals surface area contributed by atoms with Crippen molar-refractivity contribution in [2.24, 2.45) is 11.8 Å². The summed E-state index contributed by atoms with van der Waals surface area (Å²) in [5.41, 5.74) is 2.77. The van der Waals surface area contributed by atoms with E-state index in [1.165, 1.54) is 0 Å². The Bertz CT molecular complexity index is 1380. The highest BCUT2D eigenvalue weighted by Gasteiger charge is 2.18. The number of nitrogens with one attached hydrogen (secondary N) is 2. The van der Waals surface area contributed by atoms with E-state index in [0.717, 1.165) is 59.0 Å². The molecule has 4 aromatic rings. The van der Waals surface area contributed by atoms with E-state index in [1.807, 2.05) is 12.1 Å². The topological polar surface area (TPSA) is 71.7 Å². The first-order chi connectivity index (χ1) is 15.5. The first-order valence-electron chi connectivity index (χ1n) is 11.2. The molecule has 0 amide bonds. The molecule has 32 heavy (non-hydrogen) atoms. The Morgan fingerprint density at radius 3 is 3.00 bits per heavy atom. The van der Waals surface area contributed by atoms with Crippen LogP contribution in [0.15, 0.2) is 35.1 Å². The minimum atomic E-state index is 0.473. The summed E-state index contributed by atoms with van der Waals surface area (Å²) in [5.74, 6) is 2.29. The lowest BCUT2D eigenvalue weighted by molar-refractivity contribution is 0.534. The molecule has 0 spiro atoms. The SMILES string of the molecule is CCNCC1C=c2[nH]c(-c3coc(-c4cn(CC(C)C)c5ccc(Cl)cc45)n3)nc2=CC1. The summed E-state index contributed by atoms with van der Waals surface area (Å²) in [4.78, 5) is 13.0. The van der Waals surface area contributed by atoms with Crippen molar-refractivity contribution in [2.45, 2.75) is 33.7 Å². The van der Waals surface area contributed by atoms with Gasteiger partial charge in [0.25, 0.3) is 0 Å². The standard InChI is InChI=1S/C25H28ClN5O/c1-4-27-11-16-5-7-20-21(9-16)29-24(28-20)22-14-32-25(30-22)19-13-31(12-15(2)3)23-8-6-17(26)10-18(19)23/h6-10,13-16,27H,4-5,11-12H2,1-3H3,(H,28,29). The van der Waals surface area contributed by atoms with E-state index in [0.29, 0.717) is 28.4 Å². The maximum absolute atomic E-state index is 6.31. The van der Waals surface area contributed by atoms with Crippen LogP contribution in [-0.4, -0.2) is 32.6 Å². The maximum Gasteiger partial charge on any atom is 0.228 e. The molecule has 5 rings (SSSR count). The van der Waals surface area contributed by atoms with Crippen molar-refractivity contribution in [3.8, 4) is 23.0 Å². The van der Waals surface area contributed by atoms with Crippen LogP contribution in [0.4, 0.5) is 0 Å². The van der Waals surface area contributed by atoms with Crippen molar-refractivity contribution in [1.29, 1.82) is 0 Å². The number of halogens is 1. The van der Waals surface area contributed by atoms with Gasteiger partial charge in [-0.3, -0.25) is 0 Å². The predicted molar refractivity (Wildman–Crippen MR) is 130 cm³/mol. The quantitative estimate of drug-likeness (QED) is 0.444. The molecule has 2 N–H and O–H groups in total. The average molecular weight is 450 g/mol. The Balaban J connectivity index is 1.51. The smallest absolute Gasteiger partial charge is 0.228 e. The van der Waals surface area contributed by atoms with Crippen LogP contribution in [0.3, 0.4) is 0 Å². The number of nitrogens with zero attached hydrogens (tertiary/aromatic N) is 3. The third kappa shape index (κ3) is 4.00. The first kappa shape index (κ1) is 21.0. The number of aromatic amines is 1. The zero-order chi connectivity index (χ0) is 22.2. The second kappa shape index (κ2) is 8.60. The number of imidazole rings is 1. The highest BCUT2D eigenvalue weighted by atomic mass is 35.5. The summed E-state index contributed by atoms with van der Waals surface area (Å²) in [5, 5.41) is 7.19. The van der Waals surface area contributed by atoms with E-state index in [1.54, 1.807) is 6.26 Å². The number of rotatable bonds is 7. The van der Waals surface area contributed by atoms with E-state index in [2.05, 4.69) is 60.1 Å². The van der Waals surface area contributed by atoms with E-state index in [-0.39, 0.29) is 0 Å². The average Bonchev–Trinajstić information content (AvgIpc) is 3.48. The molecule has 6 nitrogen and oxygen atoms in total. The van der Waals surface area contributed by atoms with Crippen molar-refractivity contribution in [3.63, 3.8) is 0 Å². The summed E-state index contributed by atoms with van der Waals surface area (Å²) < 4.78 is 8.17. The Kier molecular flexibility index (Phi) is 5.66. The zero-order valence-corrected chi connectivity index (χ0v) is 19.4. The van der Waals surface area contributed by atoms with Crippen LogP contribution in [0.2, 0.25) is 5.02 Å². The summed E-state index contributed by atoms with van der Waals surface area (Å²) >= 11 is 6.31. The number of hydrogen-bond acceptors (Lipinski definition) is 4. The number of aromatic nitrogens is 4. The van der Waals surface area contributed by atoms with Crippen molar-refractivity contribution in [3.05, 3.63) is 46.4 Å². The lowest BCUT2D eigenvalue weighted by Crippen LogP contribution is -2.32. The van der Waals surface area contributed by atoms with Gasteiger partial charge in [-0.25, -0.2) is 9.97 Å². The largest absolute Gasteiger partial charge is 0.444 e. The van der Waals surface area contributed by atoms with Gasteiger partial charge in [-0.15, -0.1) is 0 Å². The van der Waals surface area contributed by atoms with Gasteiger partial charge in [-0.05, 0) is 43.0 Å². The lowest BCUT2D eigenvalue weighted by Gasteiger charge is -2.11. The van der Waals surface area contributed by atoms with Gasteiger partial charge in [0, 0.05) is 35.2 Å². The van der Waals surface area contributed by atoms with Crippen LogP contribution in [0.25, 0.3) is 46.0 Å². The van der Waals surface area contributed by atoms with Gasteiger partial charge >= 0.3 is 0 Å². The van der Waals surface area contributed by atoms with Crippen molar-refractivity contribution >= 4 is 34.7 Å². The lowest BCUT2D eigenvalue weighted by atomic mass is 10.0. The molecule has 1 unspecified atom stereocenters. The molecule has 7 heteroatoms. The predicted octanol–water partition coefficient (Wildman–Crippen LogP) is 4.19. The molecule has 0 fully saturated rings. The van der Waals surface area contributed by atoms with Crippen LogP contribution in [0.5, 0.6) is 0 Å². The molecule has 1 aliphatic carbocycles. The van der Waals surface area contributed by atoms with E-state index < -0.39 is 0 Å². The van der Waals surface area contributed by atoms with Gasteiger partial charge in [0.1, 0.15) is 12.0 Å². The summed E-state index contributed by atoms with van der Waals surface area (Å²) in [6.45, 7) is 9.41. The molecular formula is C25H28ClN5O. The van der Waals surface area contributed by atoms with Gasteiger partial charge < -0.3 is 19.3 Å². The fourth-order valence-corrected chi connectivity index (χ4v) is 4.51. The Morgan fingerprint density at radius 1 is 1.31 bits per heavy atom. The highest BCUT2D eigenvalue weighted by molar-refractivity contribution is 6.31. The molecule has 166 valence electrons. The molecule has 0 saturated heterocycles. The molecule has 1 atom stereocenters. The van der Waals surface area contributed by atoms with Gasteiger partial charge in [0.15, 0.2) is 5.82 Å². The Labute approximate surface area is 192 Å². The van der Waals surface area contributed by atoms with Gasteiger partial charge in [0.2, 0.25) is 5.89 Å². The van der Waals surface area contributed by atoms with Gasteiger partial charge in [-0.1, -0.05) is 44.5 Å². The fourth-order valence-electron chi connectivity index (χ4n) is 4.33. The molecule has 0 radical (unpaired) electrons. The number of fused-ring (bicyclic) bond motifs is 2. The third-order valence-corrected chi connectivity index (χ3v) is 6.05. The molecule has 3 heterocycles. The van der Waals surface area contributed by atoms with Crippen LogP contribution in [0, 0.1) is 11.8 Å². The maximum atomic E-state index is 6.31. The van der Waals surface area contributed by atoms with Crippen LogP contribution in [0.1, 0.15) is 27.2 Å². The number of H-pyrrole nitrogens is 1. The molecular weight excluding hydrogens is 422 g/mol. The minimum absolute atomic E-state index is 0.473. The van der Waals surface area contributed by atoms with E-state index >= 15 is 0 Å². The molecule has 1 aromatic carbocycles. The monoisotopic (exact) mass is 449 g/mol. The second-order valence-corrected chi connectivity index (χ2v) is 9.28. The highest BCUT2D eigenvalue weighted by Crippen LogP contribution is 2.33. The molecule has 3 aromatic heterocycles. The normalized spacial score (nSPS) is 15.7. The summed E-state index contributed by atoms with van der Waals surface area (Å²) in [7, 11) is 0. The number of benzene rings is 1. The molecule has 1 aliphatic rings. The van der Waals surface area contributed by atoms with E-state index in [9.17, 15) is 0 Å². The van der Waals surface area contributed by atoms with Crippen LogP contribution >= 0.6 is 11.6 Å². The minimum Gasteiger partial charge on any atom is -0.444 e. The molecule has 0 aliphatic heterocycles. The number of hydrogen-bond donors (Lipinski definition) is 2. The van der Waals surface area contributed by atoms with Crippen LogP contribution in [-0.2, 0) is 6.54 Å². The van der Waals surface area contributed by atoms with Crippen LogP contribution < -0.4 is 16.0 Å². The Hall–Kier alpha value is -2.83. The van der Waals surface area contributed by atoms with Crippen molar-refractivity contribution < 1.29 is 4.42 Å². The molecule has 0 bridgehead atoms. The third-order valence-electron chi connectivity index (χ3n) is 5.82. The first-order valence-corrected chi connectivity index (χ1v) is 11.6. The Morgan fingerprint density at radius 2 is 2.19 bits per heavy atom. The summed E-state index contributed by atoms with van der Waals surface area (Å²) in [6, 6.07) is 5.96. The van der Waals surface area contributed by atoms with Crippen molar-refractivity contribution in [2.75, 3.05) is 13.1 Å². The van der Waals surface area contributed by atoms with Gasteiger partial charge in [0.05, 0.1) is 16.3 Å². The summed E-state index contributed by atoms with van der Waals surface area (Å²) in [6.07, 6.45) is 9.23. The molecule has 0 saturated carbocycles.